The number of rotatable bonds is 4. The predicted molar refractivity (Wildman–Crippen MR) is 56.6 cm³/mol. The molecule has 2 N–H and O–H groups in total. The Hall–Kier alpha value is -0.770. The van der Waals surface area contributed by atoms with Crippen LogP contribution in [0.3, 0.4) is 0 Å². The highest BCUT2D eigenvalue weighted by molar-refractivity contribution is 6.32. The Morgan fingerprint density at radius 1 is 1.50 bits per heavy atom. The third kappa shape index (κ3) is 2.38. The molecular weight excluding hydrogens is 202 g/mol. The minimum atomic E-state index is 0.135. The first-order valence-electron chi connectivity index (χ1n) is 4.33. The van der Waals surface area contributed by atoms with Gasteiger partial charge in [0, 0.05) is 19.2 Å². The Bertz CT molecular complexity index is 315. The molecule has 1 aromatic rings. The number of nitrogens with one attached hydrogen (secondary N) is 1. The standard InChI is InChI=1S/C10H14ClNO2/c1-12-5-8-7(6-14-2)3-4-9(11)10(8)13/h3-4,12-13H,5-6H2,1-2H3. The SMILES string of the molecule is CNCc1c(COC)ccc(Cl)c1O. The topological polar surface area (TPSA) is 41.5 Å². The van der Waals surface area contributed by atoms with E-state index in [1.165, 1.54) is 0 Å². The molecule has 1 rings (SSSR count). The molecule has 0 aliphatic carbocycles. The van der Waals surface area contributed by atoms with Gasteiger partial charge in [-0.15, -0.1) is 0 Å². The fourth-order valence-electron chi connectivity index (χ4n) is 1.31. The zero-order chi connectivity index (χ0) is 10.6. The van der Waals surface area contributed by atoms with Crippen molar-refractivity contribution in [3.8, 4) is 5.75 Å². The number of benzene rings is 1. The van der Waals surface area contributed by atoms with Crippen molar-refractivity contribution in [2.24, 2.45) is 0 Å². The smallest absolute Gasteiger partial charge is 0.139 e. The molecule has 0 unspecified atom stereocenters. The average Bonchev–Trinajstić information content (AvgIpc) is 2.18. The van der Waals surface area contributed by atoms with Gasteiger partial charge in [0.1, 0.15) is 5.75 Å². The fourth-order valence-corrected chi connectivity index (χ4v) is 1.49. The maximum Gasteiger partial charge on any atom is 0.139 e. The highest BCUT2D eigenvalue weighted by Crippen LogP contribution is 2.30. The van der Waals surface area contributed by atoms with Gasteiger partial charge in [-0.2, -0.15) is 0 Å². The second-order valence-corrected chi connectivity index (χ2v) is 3.40. The molecule has 0 atom stereocenters. The summed E-state index contributed by atoms with van der Waals surface area (Å²) in [5.74, 6) is 0.135. The van der Waals surface area contributed by atoms with Gasteiger partial charge in [-0.05, 0) is 18.7 Å². The van der Waals surface area contributed by atoms with E-state index in [2.05, 4.69) is 5.32 Å². The van der Waals surface area contributed by atoms with Crippen molar-refractivity contribution in [3.05, 3.63) is 28.3 Å². The molecule has 0 bridgehead atoms. The van der Waals surface area contributed by atoms with Gasteiger partial charge in [-0.1, -0.05) is 17.7 Å². The molecule has 14 heavy (non-hydrogen) atoms. The summed E-state index contributed by atoms with van der Waals surface area (Å²) in [6.07, 6.45) is 0. The zero-order valence-electron chi connectivity index (χ0n) is 8.30. The number of hydrogen-bond donors (Lipinski definition) is 2. The quantitative estimate of drug-likeness (QED) is 0.806. The van der Waals surface area contributed by atoms with Crippen molar-refractivity contribution >= 4 is 11.6 Å². The van der Waals surface area contributed by atoms with Crippen LogP contribution in [0, 0.1) is 0 Å². The lowest BCUT2D eigenvalue weighted by Crippen LogP contribution is -2.08. The number of halogens is 1. The molecule has 0 fully saturated rings. The number of aromatic hydroxyl groups is 1. The summed E-state index contributed by atoms with van der Waals surface area (Å²) in [5, 5.41) is 13.1. The molecular formula is C10H14ClNO2. The molecule has 0 aliphatic rings. The van der Waals surface area contributed by atoms with E-state index < -0.39 is 0 Å². The molecule has 0 radical (unpaired) electrons. The van der Waals surface area contributed by atoms with Gasteiger partial charge in [0.25, 0.3) is 0 Å². The van der Waals surface area contributed by atoms with Gasteiger partial charge in [-0.25, -0.2) is 0 Å². The Morgan fingerprint density at radius 3 is 2.79 bits per heavy atom. The second-order valence-electron chi connectivity index (χ2n) is 3.00. The van der Waals surface area contributed by atoms with Crippen LogP contribution in [-0.2, 0) is 17.9 Å². The number of hydrogen-bond acceptors (Lipinski definition) is 3. The van der Waals surface area contributed by atoms with Gasteiger partial charge in [-0.3, -0.25) is 0 Å². The number of phenolic OH excluding ortho intramolecular Hbond substituents is 1. The largest absolute Gasteiger partial charge is 0.506 e. The van der Waals surface area contributed by atoms with E-state index in [-0.39, 0.29) is 5.75 Å². The Labute approximate surface area is 88.7 Å². The number of methoxy groups -OCH3 is 1. The fraction of sp³-hybridized carbons (Fsp3) is 0.400. The molecule has 1 aromatic carbocycles. The summed E-state index contributed by atoms with van der Waals surface area (Å²) in [6, 6.07) is 3.53. The lowest BCUT2D eigenvalue weighted by atomic mass is 10.1. The van der Waals surface area contributed by atoms with Crippen molar-refractivity contribution in [2.75, 3.05) is 14.2 Å². The van der Waals surface area contributed by atoms with Crippen molar-refractivity contribution in [3.63, 3.8) is 0 Å². The third-order valence-corrected chi connectivity index (χ3v) is 2.29. The van der Waals surface area contributed by atoms with E-state index >= 15 is 0 Å². The summed E-state index contributed by atoms with van der Waals surface area (Å²) in [7, 11) is 3.44. The van der Waals surface area contributed by atoms with Crippen LogP contribution in [0.1, 0.15) is 11.1 Å². The minimum absolute atomic E-state index is 0.135. The molecule has 0 saturated carbocycles. The van der Waals surface area contributed by atoms with E-state index in [1.54, 1.807) is 13.2 Å². The lowest BCUT2D eigenvalue weighted by molar-refractivity contribution is 0.183. The number of ether oxygens (including phenoxy) is 1. The van der Waals surface area contributed by atoms with Crippen LogP contribution in [0.15, 0.2) is 12.1 Å². The average molecular weight is 216 g/mol. The van der Waals surface area contributed by atoms with Crippen LogP contribution in [0.5, 0.6) is 5.75 Å². The predicted octanol–water partition coefficient (Wildman–Crippen LogP) is 1.91. The third-order valence-electron chi connectivity index (χ3n) is 1.98. The van der Waals surface area contributed by atoms with Crippen LogP contribution < -0.4 is 5.32 Å². The first kappa shape index (κ1) is 11.3. The van der Waals surface area contributed by atoms with Crippen LogP contribution in [0.2, 0.25) is 5.02 Å². The molecule has 0 amide bonds. The summed E-state index contributed by atoms with van der Waals surface area (Å²) in [5.41, 5.74) is 1.74. The van der Waals surface area contributed by atoms with Crippen LogP contribution in [-0.4, -0.2) is 19.3 Å². The molecule has 0 heterocycles. The minimum Gasteiger partial charge on any atom is -0.506 e. The molecule has 4 heteroatoms. The van der Waals surface area contributed by atoms with Crippen LogP contribution >= 0.6 is 11.6 Å². The van der Waals surface area contributed by atoms with E-state index in [0.717, 1.165) is 11.1 Å². The molecule has 0 aliphatic heterocycles. The summed E-state index contributed by atoms with van der Waals surface area (Å²) < 4.78 is 5.03. The molecule has 0 aromatic heterocycles. The molecule has 0 spiro atoms. The Balaban J connectivity index is 3.08. The lowest BCUT2D eigenvalue weighted by Gasteiger charge is -2.11. The van der Waals surface area contributed by atoms with Gasteiger partial charge < -0.3 is 15.2 Å². The van der Waals surface area contributed by atoms with E-state index in [0.29, 0.717) is 18.2 Å². The van der Waals surface area contributed by atoms with Gasteiger partial charge in [0.05, 0.1) is 11.6 Å². The Kier molecular flexibility index (Phi) is 4.20. The number of phenols is 1. The Morgan fingerprint density at radius 2 is 2.21 bits per heavy atom. The van der Waals surface area contributed by atoms with Crippen molar-refractivity contribution in [2.45, 2.75) is 13.2 Å². The van der Waals surface area contributed by atoms with Gasteiger partial charge in [0.2, 0.25) is 0 Å². The van der Waals surface area contributed by atoms with Crippen molar-refractivity contribution in [1.29, 1.82) is 0 Å². The molecule has 78 valence electrons. The van der Waals surface area contributed by atoms with Crippen LogP contribution in [0.4, 0.5) is 0 Å². The summed E-state index contributed by atoms with van der Waals surface area (Å²) in [6.45, 7) is 1.05. The summed E-state index contributed by atoms with van der Waals surface area (Å²) in [4.78, 5) is 0. The highest BCUT2D eigenvalue weighted by atomic mass is 35.5. The monoisotopic (exact) mass is 215 g/mol. The van der Waals surface area contributed by atoms with E-state index in [9.17, 15) is 5.11 Å². The van der Waals surface area contributed by atoms with E-state index in [4.69, 9.17) is 16.3 Å². The van der Waals surface area contributed by atoms with Crippen LogP contribution in [0.25, 0.3) is 0 Å². The molecule has 0 saturated heterocycles. The summed E-state index contributed by atoms with van der Waals surface area (Å²) >= 11 is 5.80. The second kappa shape index (κ2) is 5.20. The molecule has 3 nitrogen and oxygen atoms in total. The van der Waals surface area contributed by atoms with Gasteiger partial charge >= 0.3 is 0 Å². The van der Waals surface area contributed by atoms with Gasteiger partial charge in [0.15, 0.2) is 0 Å². The zero-order valence-corrected chi connectivity index (χ0v) is 9.06. The normalized spacial score (nSPS) is 10.5. The van der Waals surface area contributed by atoms with Crippen molar-refractivity contribution < 1.29 is 9.84 Å². The maximum absolute atomic E-state index is 9.71. The van der Waals surface area contributed by atoms with Crippen molar-refractivity contribution in [1.82, 2.24) is 5.32 Å². The maximum atomic E-state index is 9.71. The van der Waals surface area contributed by atoms with E-state index in [1.807, 2.05) is 13.1 Å². The first-order valence-corrected chi connectivity index (χ1v) is 4.71. The first-order chi connectivity index (χ1) is 6.70. The highest BCUT2D eigenvalue weighted by Gasteiger charge is 2.10.